The smallest absolute Gasteiger partial charge is 0.288 e. The molecule has 5 nitrogen and oxygen atoms in total. The van der Waals surface area contributed by atoms with Gasteiger partial charge in [0.05, 0.1) is 11.0 Å². The van der Waals surface area contributed by atoms with Crippen molar-refractivity contribution in [3.05, 3.63) is 74.8 Å². The molecule has 6 heteroatoms. The van der Waals surface area contributed by atoms with Crippen molar-refractivity contribution >= 4 is 23.2 Å². The van der Waals surface area contributed by atoms with Gasteiger partial charge in [0.15, 0.2) is 0 Å². The zero-order valence-electron chi connectivity index (χ0n) is 12.2. The third-order valence-corrected chi connectivity index (χ3v) is 4.26. The molecular formula is C17H15ClN2O3. The van der Waals surface area contributed by atoms with E-state index >= 15 is 0 Å². The molecule has 1 atom stereocenters. The van der Waals surface area contributed by atoms with E-state index in [4.69, 9.17) is 11.6 Å². The van der Waals surface area contributed by atoms with Gasteiger partial charge in [-0.3, -0.25) is 14.9 Å². The van der Waals surface area contributed by atoms with E-state index in [9.17, 15) is 14.9 Å². The highest BCUT2D eigenvalue weighted by atomic mass is 35.5. The molecule has 1 N–H and O–H groups in total. The van der Waals surface area contributed by atoms with Crippen molar-refractivity contribution in [1.82, 2.24) is 5.32 Å². The number of hydrogen-bond acceptors (Lipinski definition) is 3. The van der Waals surface area contributed by atoms with E-state index < -0.39 is 4.92 Å². The van der Waals surface area contributed by atoms with E-state index in [1.165, 1.54) is 18.2 Å². The van der Waals surface area contributed by atoms with E-state index in [0.717, 1.165) is 18.4 Å². The maximum Gasteiger partial charge on any atom is 0.288 e. The Hall–Kier alpha value is -2.40. The first-order valence-electron chi connectivity index (χ1n) is 7.36. The van der Waals surface area contributed by atoms with Crippen molar-refractivity contribution in [2.75, 3.05) is 0 Å². The first-order valence-corrected chi connectivity index (χ1v) is 7.74. The van der Waals surface area contributed by atoms with Crippen LogP contribution in [0.5, 0.6) is 0 Å². The average Bonchev–Trinajstić information content (AvgIpc) is 3.38. The molecule has 2 aromatic rings. The van der Waals surface area contributed by atoms with Crippen molar-refractivity contribution in [2.24, 2.45) is 5.92 Å². The van der Waals surface area contributed by atoms with E-state index in [1.54, 1.807) is 0 Å². The van der Waals surface area contributed by atoms with Crippen LogP contribution in [-0.4, -0.2) is 10.8 Å². The second-order valence-corrected chi connectivity index (χ2v) is 6.03. The lowest BCUT2D eigenvalue weighted by Crippen LogP contribution is -2.29. The Labute approximate surface area is 138 Å². The van der Waals surface area contributed by atoms with Crippen LogP contribution in [0.25, 0.3) is 0 Å². The van der Waals surface area contributed by atoms with Crippen LogP contribution in [0.2, 0.25) is 5.02 Å². The molecule has 0 bridgehead atoms. The van der Waals surface area contributed by atoms with Crippen molar-refractivity contribution in [2.45, 2.75) is 18.9 Å². The first-order chi connectivity index (χ1) is 11.1. The molecule has 1 aliphatic rings. The summed E-state index contributed by atoms with van der Waals surface area (Å²) in [4.78, 5) is 22.8. The van der Waals surface area contributed by atoms with Crippen molar-refractivity contribution in [3.8, 4) is 0 Å². The second kappa shape index (κ2) is 6.38. The summed E-state index contributed by atoms with van der Waals surface area (Å²) >= 11 is 5.78. The highest BCUT2D eigenvalue weighted by Gasteiger charge is 2.33. The maximum absolute atomic E-state index is 12.5. The number of hydrogen-bond donors (Lipinski definition) is 1. The van der Waals surface area contributed by atoms with Gasteiger partial charge in [-0.05, 0) is 36.5 Å². The van der Waals surface area contributed by atoms with Gasteiger partial charge in [0.2, 0.25) is 0 Å². The highest BCUT2D eigenvalue weighted by Crippen LogP contribution is 2.41. The Balaban J connectivity index is 1.83. The molecule has 23 heavy (non-hydrogen) atoms. The normalized spacial score (nSPS) is 15.0. The number of nitro groups is 1. The molecule has 1 aliphatic carbocycles. The van der Waals surface area contributed by atoms with Gasteiger partial charge >= 0.3 is 0 Å². The number of nitrogens with zero attached hydrogens (tertiary/aromatic N) is 1. The minimum atomic E-state index is -0.589. The number of carbonyl (C=O) groups excluding carboxylic acids is 1. The van der Waals surface area contributed by atoms with E-state index in [-0.39, 0.29) is 28.2 Å². The predicted octanol–water partition coefficient (Wildman–Crippen LogP) is 4.13. The van der Waals surface area contributed by atoms with Crippen LogP contribution in [0.4, 0.5) is 5.69 Å². The SMILES string of the molecule is O=C(N[C@@H](c1ccccc1)C1CC1)c1ccc(Cl)c([N+](=O)[O-])c1. The lowest BCUT2D eigenvalue weighted by Gasteiger charge is -2.19. The van der Waals surface area contributed by atoms with Crippen LogP contribution in [0.3, 0.4) is 0 Å². The number of nitrogens with one attached hydrogen (secondary N) is 1. The molecule has 0 aliphatic heterocycles. The minimum absolute atomic E-state index is 0.0216. The van der Waals surface area contributed by atoms with Crippen molar-refractivity contribution in [1.29, 1.82) is 0 Å². The Kier molecular flexibility index (Phi) is 4.30. The number of carbonyl (C=O) groups is 1. The fourth-order valence-electron chi connectivity index (χ4n) is 2.58. The number of benzene rings is 2. The largest absolute Gasteiger partial charge is 0.345 e. The Bertz CT molecular complexity index is 745. The lowest BCUT2D eigenvalue weighted by molar-refractivity contribution is -0.384. The monoisotopic (exact) mass is 330 g/mol. The van der Waals surface area contributed by atoms with Crippen LogP contribution >= 0.6 is 11.6 Å². The molecule has 0 heterocycles. The molecule has 118 valence electrons. The lowest BCUT2D eigenvalue weighted by atomic mass is 10.0. The molecule has 0 aromatic heterocycles. The first kappa shape index (κ1) is 15.5. The van der Waals surface area contributed by atoms with Gasteiger partial charge in [-0.15, -0.1) is 0 Å². The topological polar surface area (TPSA) is 72.2 Å². The van der Waals surface area contributed by atoms with Crippen LogP contribution < -0.4 is 5.32 Å². The summed E-state index contributed by atoms with van der Waals surface area (Å²) in [6, 6.07) is 13.8. The van der Waals surface area contributed by atoms with Gasteiger partial charge in [-0.25, -0.2) is 0 Å². The summed E-state index contributed by atoms with van der Waals surface area (Å²) in [5.41, 5.74) is 1.02. The summed E-state index contributed by atoms with van der Waals surface area (Å²) in [7, 11) is 0. The zero-order chi connectivity index (χ0) is 16.4. The van der Waals surface area contributed by atoms with E-state index in [1.807, 2.05) is 30.3 Å². The second-order valence-electron chi connectivity index (χ2n) is 5.62. The Morgan fingerprint density at radius 2 is 1.91 bits per heavy atom. The Morgan fingerprint density at radius 3 is 2.52 bits per heavy atom. The van der Waals surface area contributed by atoms with Gasteiger partial charge in [-0.1, -0.05) is 41.9 Å². The molecule has 0 spiro atoms. The zero-order valence-corrected chi connectivity index (χ0v) is 13.0. The summed E-state index contributed by atoms with van der Waals surface area (Å²) in [6.07, 6.45) is 2.14. The molecule has 1 amide bonds. The van der Waals surface area contributed by atoms with Crippen LogP contribution in [0, 0.1) is 16.0 Å². The van der Waals surface area contributed by atoms with Gasteiger partial charge in [0.25, 0.3) is 11.6 Å². The minimum Gasteiger partial charge on any atom is -0.345 e. The van der Waals surface area contributed by atoms with E-state index in [2.05, 4.69) is 5.32 Å². The van der Waals surface area contributed by atoms with Crippen molar-refractivity contribution in [3.63, 3.8) is 0 Å². The van der Waals surface area contributed by atoms with Gasteiger partial charge < -0.3 is 5.32 Å². The quantitative estimate of drug-likeness (QED) is 0.661. The predicted molar refractivity (Wildman–Crippen MR) is 87.5 cm³/mol. The number of amides is 1. The number of rotatable bonds is 5. The van der Waals surface area contributed by atoms with Crippen LogP contribution in [0.1, 0.15) is 34.8 Å². The third-order valence-electron chi connectivity index (χ3n) is 3.94. The van der Waals surface area contributed by atoms with Gasteiger partial charge in [0.1, 0.15) is 5.02 Å². The molecule has 1 saturated carbocycles. The molecule has 3 rings (SSSR count). The molecule has 0 saturated heterocycles. The standard InChI is InChI=1S/C17H15ClN2O3/c18-14-9-8-13(10-15(14)20(22)23)17(21)19-16(12-6-7-12)11-4-2-1-3-5-11/h1-5,8-10,12,16H,6-7H2,(H,19,21)/t16-/m0/s1. The summed E-state index contributed by atoms with van der Waals surface area (Å²) < 4.78 is 0. The molecule has 0 radical (unpaired) electrons. The number of halogens is 1. The summed E-state index contributed by atoms with van der Waals surface area (Å²) in [5, 5.41) is 14.0. The van der Waals surface area contributed by atoms with Gasteiger partial charge in [-0.2, -0.15) is 0 Å². The third kappa shape index (κ3) is 3.51. The molecule has 2 aromatic carbocycles. The average molecular weight is 331 g/mol. The van der Waals surface area contributed by atoms with Crippen LogP contribution in [-0.2, 0) is 0 Å². The fourth-order valence-corrected chi connectivity index (χ4v) is 2.77. The maximum atomic E-state index is 12.5. The highest BCUT2D eigenvalue weighted by molar-refractivity contribution is 6.32. The van der Waals surface area contributed by atoms with E-state index in [0.29, 0.717) is 5.92 Å². The molecule has 0 unspecified atom stereocenters. The molecule has 1 fully saturated rings. The summed E-state index contributed by atoms with van der Waals surface area (Å²) in [6.45, 7) is 0. The van der Waals surface area contributed by atoms with Gasteiger partial charge in [0, 0.05) is 11.6 Å². The van der Waals surface area contributed by atoms with Crippen molar-refractivity contribution < 1.29 is 9.72 Å². The molecular weight excluding hydrogens is 316 g/mol. The van der Waals surface area contributed by atoms with Crippen LogP contribution in [0.15, 0.2) is 48.5 Å². The number of nitro benzene ring substituents is 1. The fraction of sp³-hybridized carbons (Fsp3) is 0.235. The summed E-state index contributed by atoms with van der Waals surface area (Å²) in [5.74, 6) is 0.0918. The Morgan fingerprint density at radius 1 is 1.22 bits per heavy atom.